The molecule has 20 heavy (non-hydrogen) atoms. The van der Waals surface area contributed by atoms with Gasteiger partial charge in [0.05, 0.1) is 11.6 Å². The van der Waals surface area contributed by atoms with E-state index in [0.717, 1.165) is 0 Å². The third-order valence-corrected chi connectivity index (χ3v) is 5.21. The molecule has 11 heteroatoms. The molecule has 0 saturated heterocycles. The van der Waals surface area contributed by atoms with Gasteiger partial charge < -0.3 is 14.2 Å². The first kappa shape index (κ1) is 17.9. The summed E-state index contributed by atoms with van der Waals surface area (Å²) in [6, 6.07) is 1.34. The fourth-order valence-corrected chi connectivity index (χ4v) is 3.59. The Kier molecular flexibility index (Phi) is 6.94. The Morgan fingerprint density at radius 3 is 2.70 bits per heavy atom. The molecular formula is C9H10Cl3N2O4PS. The summed E-state index contributed by atoms with van der Waals surface area (Å²) in [5, 5.41) is 11.4. The van der Waals surface area contributed by atoms with E-state index in [4.69, 9.17) is 60.8 Å². The lowest BCUT2D eigenvalue weighted by Gasteiger charge is -2.22. The molecule has 6 nitrogen and oxygen atoms in total. The lowest BCUT2D eigenvalue weighted by Crippen LogP contribution is -2.23. The van der Waals surface area contributed by atoms with Crippen molar-refractivity contribution in [2.45, 2.75) is 6.92 Å². The van der Waals surface area contributed by atoms with E-state index in [0.29, 0.717) is 0 Å². The molecule has 0 saturated carbocycles. The summed E-state index contributed by atoms with van der Waals surface area (Å²) < 4.78 is 10.7. The number of aliphatic carboxylic acids is 1. The molecule has 0 radical (unpaired) electrons. The number of carbonyl (C=O) groups is 1. The maximum atomic E-state index is 10.6. The SMILES string of the molecule is CCOP(=S)(NCC(=O)O)Oc1nc(Cl)c(Cl)cc1Cl. The van der Waals surface area contributed by atoms with Crippen LogP contribution < -0.4 is 9.61 Å². The number of hydrogen-bond donors (Lipinski definition) is 2. The maximum Gasteiger partial charge on any atom is 0.317 e. The number of carboxylic acid groups (broad SMARTS) is 1. The number of nitrogens with one attached hydrogen (secondary N) is 1. The summed E-state index contributed by atoms with van der Waals surface area (Å²) in [4.78, 5) is 14.4. The molecule has 0 bridgehead atoms. The minimum absolute atomic E-state index is 0.0117. The largest absolute Gasteiger partial charge is 0.480 e. The van der Waals surface area contributed by atoms with Crippen LogP contribution in [0.3, 0.4) is 0 Å². The molecule has 1 aromatic heterocycles. The van der Waals surface area contributed by atoms with Crippen LogP contribution in [-0.2, 0) is 21.1 Å². The van der Waals surface area contributed by atoms with Gasteiger partial charge in [0.2, 0.25) is 5.88 Å². The molecule has 0 aliphatic heterocycles. The van der Waals surface area contributed by atoms with Crippen molar-refractivity contribution in [3.63, 3.8) is 0 Å². The molecule has 1 rings (SSSR count). The van der Waals surface area contributed by atoms with Gasteiger partial charge in [0.25, 0.3) is 0 Å². The van der Waals surface area contributed by atoms with E-state index in [1.807, 2.05) is 0 Å². The minimum atomic E-state index is -3.10. The Bertz CT molecular complexity index is 560. The van der Waals surface area contributed by atoms with Crippen LogP contribution in [-0.4, -0.2) is 29.2 Å². The van der Waals surface area contributed by atoms with Gasteiger partial charge in [-0.25, -0.2) is 5.09 Å². The number of rotatable bonds is 7. The second-order valence-corrected chi connectivity index (χ2v) is 7.65. The Labute approximate surface area is 135 Å². The van der Waals surface area contributed by atoms with Crippen LogP contribution in [0.2, 0.25) is 15.2 Å². The normalized spacial score (nSPS) is 13.8. The predicted octanol–water partition coefficient (Wildman–Crippen LogP) is 3.36. The van der Waals surface area contributed by atoms with E-state index in [1.165, 1.54) is 6.07 Å². The van der Waals surface area contributed by atoms with E-state index in [2.05, 4.69) is 10.1 Å². The van der Waals surface area contributed by atoms with Gasteiger partial charge in [-0.15, -0.1) is 0 Å². The number of aromatic nitrogens is 1. The van der Waals surface area contributed by atoms with Crippen LogP contribution in [0.4, 0.5) is 0 Å². The van der Waals surface area contributed by atoms with E-state index in [9.17, 15) is 4.79 Å². The molecule has 0 fully saturated rings. The molecule has 1 heterocycles. The van der Waals surface area contributed by atoms with Crippen LogP contribution in [0.5, 0.6) is 5.88 Å². The van der Waals surface area contributed by atoms with Crippen molar-refractivity contribution in [2.24, 2.45) is 0 Å². The van der Waals surface area contributed by atoms with Gasteiger partial charge in [0.1, 0.15) is 11.6 Å². The first-order chi connectivity index (χ1) is 9.27. The van der Waals surface area contributed by atoms with Crippen LogP contribution in [0.1, 0.15) is 6.92 Å². The van der Waals surface area contributed by atoms with Crippen molar-refractivity contribution in [3.05, 3.63) is 21.3 Å². The molecule has 0 amide bonds. The summed E-state index contributed by atoms with van der Waals surface area (Å²) in [6.45, 7) is -1.61. The fourth-order valence-electron chi connectivity index (χ4n) is 1.05. The van der Waals surface area contributed by atoms with Gasteiger partial charge in [-0.05, 0) is 24.8 Å². The van der Waals surface area contributed by atoms with Gasteiger partial charge in [-0.1, -0.05) is 34.8 Å². The predicted molar refractivity (Wildman–Crippen MR) is 81.4 cm³/mol. The summed E-state index contributed by atoms with van der Waals surface area (Å²) in [5.41, 5.74) is 0. The highest BCUT2D eigenvalue weighted by Crippen LogP contribution is 2.46. The van der Waals surface area contributed by atoms with E-state index in [-0.39, 0.29) is 27.7 Å². The molecule has 2 N–H and O–H groups in total. The number of nitrogens with zero attached hydrogens (tertiary/aromatic N) is 1. The van der Waals surface area contributed by atoms with Crippen molar-refractivity contribution < 1.29 is 18.9 Å². The average molecular weight is 380 g/mol. The number of halogens is 3. The van der Waals surface area contributed by atoms with Gasteiger partial charge in [0.15, 0.2) is 5.15 Å². The van der Waals surface area contributed by atoms with Gasteiger partial charge in [-0.2, -0.15) is 4.98 Å². The highest BCUT2D eigenvalue weighted by Gasteiger charge is 2.24. The molecular weight excluding hydrogens is 370 g/mol. The Morgan fingerprint density at radius 2 is 2.15 bits per heavy atom. The third kappa shape index (κ3) is 5.33. The van der Waals surface area contributed by atoms with Gasteiger partial charge in [0, 0.05) is 0 Å². The second kappa shape index (κ2) is 7.75. The highest BCUT2D eigenvalue weighted by atomic mass is 35.5. The third-order valence-electron chi connectivity index (χ3n) is 1.78. The molecule has 1 aromatic rings. The summed E-state index contributed by atoms with van der Waals surface area (Å²) in [6.07, 6.45) is 0. The van der Waals surface area contributed by atoms with E-state index < -0.39 is 19.2 Å². The first-order valence-electron chi connectivity index (χ1n) is 5.20. The van der Waals surface area contributed by atoms with Gasteiger partial charge in [-0.3, -0.25) is 4.79 Å². The number of hydrogen-bond acceptors (Lipinski definition) is 5. The molecule has 0 spiro atoms. The molecule has 0 aliphatic rings. The highest BCUT2D eigenvalue weighted by molar-refractivity contribution is 8.09. The van der Waals surface area contributed by atoms with Crippen LogP contribution >= 0.6 is 41.4 Å². The van der Waals surface area contributed by atoms with Crippen molar-refractivity contribution in [3.8, 4) is 5.88 Å². The fraction of sp³-hybridized carbons (Fsp3) is 0.333. The monoisotopic (exact) mass is 378 g/mol. The number of pyridine rings is 1. The smallest absolute Gasteiger partial charge is 0.317 e. The van der Waals surface area contributed by atoms with Crippen LogP contribution in [0, 0.1) is 0 Å². The lowest BCUT2D eigenvalue weighted by molar-refractivity contribution is -0.135. The quantitative estimate of drug-likeness (QED) is 0.555. The molecule has 0 aromatic carbocycles. The average Bonchev–Trinajstić information content (AvgIpc) is 2.34. The van der Waals surface area contributed by atoms with Crippen molar-refractivity contribution in [1.82, 2.24) is 10.1 Å². The zero-order valence-electron chi connectivity index (χ0n) is 10.1. The number of carboxylic acids is 1. The zero-order valence-corrected chi connectivity index (χ0v) is 14.1. The van der Waals surface area contributed by atoms with E-state index >= 15 is 0 Å². The van der Waals surface area contributed by atoms with Crippen molar-refractivity contribution in [1.29, 1.82) is 0 Å². The summed E-state index contributed by atoms with van der Waals surface area (Å²) >= 11 is 22.6. The Balaban J connectivity index is 2.98. The van der Waals surface area contributed by atoms with Crippen LogP contribution in [0.15, 0.2) is 6.07 Å². The second-order valence-electron chi connectivity index (χ2n) is 3.28. The van der Waals surface area contributed by atoms with Gasteiger partial charge >= 0.3 is 12.6 Å². The molecule has 112 valence electrons. The van der Waals surface area contributed by atoms with E-state index in [1.54, 1.807) is 6.92 Å². The first-order valence-corrected chi connectivity index (χ1v) is 8.97. The molecule has 1 atom stereocenters. The molecule has 0 aliphatic carbocycles. The summed E-state index contributed by atoms with van der Waals surface area (Å²) in [7, 11) is 0. The van der Waals surface area contributed by atoms with Crippen molar-refractivity contribution >= 4 is 59.2 Å². The summed E-state index contributed by atoms with van der Waals surface area (Å²) in [5.74, 6) is -1.17. The maximum absolute atomic E-state index is 10.6. The molecule has 1 unspecified atom stereocenters. The van der Waals surface area contributed by atoms with Crippen molar-refractivity contribution in [2.75, 3.05) is 13.2 Å². The van der Waals surface area contributed by atoms with Crippen LogP contribution in [0.25, 0.3) is 0 Å². The minimum Gasteiger partial charge on any atom is -0.480 e. The lowest BCUT2D eigenvalue weighted by atomic mass is 10.5. The standard InChI is InChI=1S/C9H10Cl3N2O4PS/c1-2-17-19(20,13-4-7(15)16)18-9-6(11)3-5(10)8(12)14-9/h3H,2,4H2,1H3,(H,13,20)(H,15,16). The Morgan fingerprint density at radius 1 is 1.50 bits per heavy atom. The Hall–Kier alpha value is -0.140. The zero-order chi connectivity index (χ0) is 15.3. The topological polar surface area (TPSA) is 80.7 Å².